The second-order valence-corrected chi connectivity index (χ2v) is 4.41. The van der Waals surface area contributed by atoms with Gasteiger partial charge in [-0.05, 0) is 18.4 Å². The van der Waals surface area contributed by atoms with E-state index in [0.29, 0.717) is 11.8 Å². The van der Waals surface area contributed by atoms with Gasteiger partial charge in [0.15, 0.2) is 11.3 Å². The van der Waals surface area contributed by atoms with Crippen LogP contribution in [-0.4, -0.2) is 17.5 Å². The Kier molecular flexibility index (Phi) is 3.20. The summed E-state index contributed by atoms with van der Waals surface area (Å²) in [7, 11) is 0. The Labute approximate surface area is 88.9 Å². The molecule has 0 aliphatic heterocycles. The molecular weight excluding hydrogens is 227 g/mol. The van der Waals surface area contributed by atoms with E-state index in [-0.39, 0.29) is 6.42 Å². The molecule has 0 aliphatic carbocycles. The van der Waals surface area contributed by atoms with Gasteiger partial charge >= 0.3 is 6.18 Å². The minimum absolute atomic E-state index is 0.274. The topological polar surface area (TPSA) is 43.1 Å². The highest BCUT2D eigenvalue weighted by atomic mass is 32.1. The SMILES string of the molecule is CC(N)(C(=O)Cc1cccs1)C(F)(F)F. The highest BCUT2D eigenvalue weighted by Gasteiger charge is 2.53. The van der Waals surface area contributed by atoms with Crippen LogP contribution in [0.25, 0.3) is 0 Å². The number of hydrogen-bond acceptors (Lipinski definition) is 3. The van der Waals surface area contributed by atoms with Crippen LogP contribution in [0.1, 0.15) is 11.8 Å². The van der Waals surface area contributed by atoms with Crippen LogP contribution in [-0.2, 0) is 11.2 Å². The smallest absolute Gasteiger partial charge is 0.312 e. The Hall–Kier alpha value is -0.880. The quantitative estimate of drug-likeness (QED) is 0.875. The molecule has 15 heavy (non-hydrogen) atoms. The second kappa shape index (κ2) is 3.94. The van der Waals surface area contributed by atoms with Crippen molar-refractivity contribution in [3.63, 3.8) is 0 Å². The summed E-state index contributed by atoms with van der Waals surface area (Å²) < 4.78 is 37.1. The number of nitrogens with two attached hydrogens (primary N) is 1. The maximum atomic E-state index is 12.4. The van der Waals surface area contributed by atoms with Crippen LogP contribution in [0.5, 0.6) is 0 Å². The Morgan fingerprint density at radius 2 is 2.13 bits per heavy atom. The molecule has 1 aromatic rings. The van der Waals surface area contributed by atoms with E-state index >= 15 is 0 Å². The van der Waals surface area contributed by atoms with Gasteiger partial charge in [-0.3, -0.25) is 4.79 Å². The zero-order valence-corrected chi connectivity index (χ0v) is 8.78. The first kappa shape index (κ1) is 12.2. The summed E-state index contributed by atoms with van der Waals surface area (Å²) in [5, 5.41) is 1.70. The van der Waals surface area contributed by atoms with Crippen molar-refractivity contribution in [2.75, 3.05) is 0 Å². The van der Waals surface area contributed by atoms with Crippen molar-refractivity contribution in [3.8, 4) is 0 Å². The predicted molar refractivity (Wildman–Crippen MR) is 51.7 cm³/mol. The number of ketones is 1. The molecule has 2 nitrogen and oxygen atoms in total. The third-order valence-electron chi connectivity index (χ3n) is 2.08. The van der Waals surface area contributed by atoms with Crippen molar-refractivity contribution in [2.45, 2.75) is 25.1 Å². The van der Waals surface area contributed by atoms with Crippen molar-refractivity contribution in [3.05, 3.63) is 22.4 Å². The summed E-state index contributed by atoms with van der Waals surface area (Å²) in [6.45, 7) is 0.697. The molecule has 0 fully saturated rings. The van der Waals surface area contributed by atoms with Gasteiger partial charge in [0.25, 0.3) is 0 Å². The van der Waals surface area contributed by atoms with E-state index in [1.165, 1.54) is 11.3 Å². The fraction of sp³-hybridized carbons (Fsp3) is 0.444. The van der Waals surface area contributed by atoms with Gasteiger partial charge in [0, 0.05) is 11.3 Å². The number of carbonyl (C=O) groups excluding carboxylic acids is 1. The van der Waals surface area contributed by atoms with E-state index in [9.17, 15) is 18.0 Å². The minimum Gasteiger partial charge on any atom is -0.312 e. The summed E-state index contributed by atoms with van der Waals surface area (Å²) in [5.41, 5.74) is 2.22. The molecule has 6 heteroatoms. The Morgan fingerprint density at radius 3 is 2.53 bits per heavy atom. The van der Waals surface area contributed by atoms with Crippen LogP contribution >= 0.6 is 11.3 Å². The summed E-state index contributed by atoms with van der Waals surface area (Å²) in [6, 6.07) is 3.28. The molecule has 2 N–H and O–H groups in total. The number of carbonyl (C=O) groups is 1. The van der Waals surface area contributed by atoms with Gasteiger partial charge in [0.05, 0.1) is 0 Å². The normalized spacial score (nSPS) is 16.1. The van der Waals surface area contributed by atoms with Crippen LogP contribution in [0.2, 0.25) is 0 Å². The molecule has 0 saturated carbocycles. The molecule has 1 heterocycles. The first-order valence-corrected chi connectivity index (χ1v) is 5.04. The molecule has 1 atom stereocenters. The third-order valence-corrected chi connectivity index (χ3v) is 2.96. The summed E-state index contributed by atoms with van der Waals surface area (Å²) >= 11 is 1.23. The minimum atomic E-state index is -4.71. The fourth-order valence-corrected chi connectivity index (χ4v) is 1.62. The molecule has 84 valence electrons. The van der Waals surface area contributed by atoms with Gasteiger partial charge in [0.2, 0.25) is 0 Å². The van der Waals surface area contributed by atoms with E-state index in [1.54, 1.807) is 17.5 Å². The first-order chi connectivity index (χ1) is 6.75. The molecule has 0 aromatic carbocycles. The highest BCUT2D eigenvalue weighted by molar-refractivity contribution is 7.10. The average molecular weight is 237 g/mol. The molecule has 1 rings (SSSR count). The maximum absolute atomic E-state index is 12.4. The van der Waals surface area contributed by atoms with E-state index in [1.807, 2.05) is 0 Å². The van der Waals surface area contributed by atoms with Gasteiger partial charge in [-0.15, -0.1) is 11.3 Å². The molecular formula is C9H10F3NOS. The maximum Gasteiger partial charge on any atom is 0.413 e. The molecule has 0 amide bonds. The summed E-state index contributed by atoms with van der Waals surface area (Å²) in [6.07, 6.45) is -4.98. The van der Waals surface area contributed by atoms with Crippen molar-refractivity contribution < 1.29 is 18.0 Å². The molecule has 0 radical (unpaired) electrons. The molecule has 0 aliphatic rings. The highest BCUT2D eigenvalue weighted by Crippen LogP contribution is 2.29. The van der Waals surface area contributed by atoms with Gasteiger partial charge in [0.1, 0.15) is 0 Å². The number of rotatable bonds is 3. The molecule has 0 bridgehead atoms. The fourth-order valence-electron chi connectivity index (χ4n) is 0.913. The Morgan fingerprint density at radius 1 is 1.53 bits per heavy atom. The van der Waals surface area contributed by atoms with Crippen LogP contribution in [0.15, 0.2) is 17.5 Å². The summed E-state index contributed by atoms with van der Waals surface area (Å²) in [4.78, 5) is 11.9. The number of alkyl halides is 3. The largest absolute Gasteiger partial charge is 0.413 e. The Balaban J connectivity index is 2.77. The van der Waals surface area contributed by atoms with Crippen LogP contribution in [0.4, 0.5) is 13.2 Å². The van der Waals surface area contributed by atoms with Gasteiger partial charge in [-0.25, -0.2) is 0 Å². The van der Waals surface area contributed by atoms with Crippen molar-refractivity contribution in [1.82, 2.24) is 0 Å². The van der Waals surface area contributed by atoms with Gasteiger partial charge in [-0.2, -0.15) is 13.2 Å². The van der Waals surface area contributed by atoms with Gasteiger partial charge in [-0.1, -0.05) is 6.07 Å². The second-order valence-electron chi connectivity index (χ2n) is 3.38. The number of Topliss-reactive ketones (excluding diaryl/α,β-unsaturated/α-hetero) is 1. The number of thiophene rings is 1. The predicted octanol–water partition coefficient (Wildman–Crippen LogP) is 2.14. The lowest BCUT2D eigenvalue weighted by molar-refractivity contribution is -0.185. The van der Waals surface area contributed by atoms with Crippen molar-refractivity contribution in [2.24, 2.45) is 5.73 Å². The van der Waals surface area contributed by atoms with Crippen LogP contribution in [0, 0.1) is 0 Å². The van der Waals surface area contributed by atoms with E-state index in [2.05, 4.69) is 0 Å². The van der Waals surface area contributed by atoms with Crippen molar-refractivity contribution in [1.29, 1.82) is 0 Å². The van der Waals surface area contributed by atoms with Crippen LogP contribution in [0.3, 0.4) is 0 Å². The first-order valence-electron chi connectivity index (χ1n) is 4.16. The third kappa shape index (κ3) is 2.57. The lowest BCUT2D eigenvalue weighted by Crippen LogP contribution is -2.57. The number of hydrogen-bond donors (Lipinski definition) is 1. The van der Waals surface area contributed by atoms with Crippen LogP contribution < -0.4 is 5.73 Å². The lowest BCUT2D eigenvalue weighted by Gasteiger charge is -2.25. The lowest BCUT2D eigenvalue weighted by atomic mass is 9.94. The standard InChI is InChI=1S/C9H10F3NOS/c1-8(13,9(10,11)12)7(14)5-6-3-2-4-15-6/h2-4H,5,13H2,1H3. The zero-order valence-electron chi connectivity index (χ0n) is 7.97. The molecule has 0 spiro atoms. The zero-order chi connectivity index (χ0) is 11.7. The average Bonchev–Trinajstić information content (AvgIpc) is 2.54. The monoisotopic (exact) mass is 237 g/mol. The van der Waals surface area contributed by atoms with E-state index in [4.69, 9.17) is 5.73 Å². The molecule has 1 aromatic heterocycles. The molecule has 0 saturated heterocycles. The van der Waals surface area contributed by atoms with Crippen molar-refractivity contribution >= 4 is 17.1 Å². The van der Waals surface area contributed by atoms with E-state index < -0.39 is 17.5 Å². The number of halogens is 3. The van der Waals surface area contributed by atoms with Gasteiger partial charge < -0.3 is 5.73 Å². The Bertz CT molecular complexity index is 343. The molecule has 1 unspecified atom stereocenters. The summed E-state index contributed by atoms with van der Waals surface area (Å²) in [5.74, 6) is -1.02. The van der Waals surface area contributed by atoms with E-state index in [0.717, 1.165) is 0 Å².